The number of carbonyl (C=O) groups is 2. The third kappa shape index (κ3) is 4.01. The van der Waals surface area contributed by atoms with Crippen molar-refractivity contribution in [3.8, 4) is 0 Å². The van der Waals surface area contributed by atoms with Crippen molar-refractivity contribution < 1.29 is 19.8 Å². The molecule has 2 aromatic carbocycles. The van der Waals surface area contributed by atoms with Gasteiger partial charge in [-0.25, -0.2) is 14.8 Å². The fourth-order valence-electron chi connectivity index (χ4n) is 4.87. The first-order valence-electron chi connectivity index (χ1n) is 11.1. The maximum absolute atomic E-state index is 12.9. The van der Waals surface area contributed by atoms with Crippen LogP contribution in [0.4, 0.5) is 0 Å². The first-order valence-corrected chi connectivity index (χ1v) is 11.5. The van der Waals surface area contributed by atoms with Gasteiger partial charge in [0.2, 0.25) is 5.82 Å². The van der Waals surface area contributed by atoms with Crippen LogP contribution in [0, 0.1) is 0 Å². The fourth-order valence-corrected chi connectivity index (χ4v) is 5.00. The Bertz CT molecular complexity index is 1250. The second-order valence-corrected chi connectivity index (χ2v) is 9.06. The Morgan fingerprint density at radius 3 is 2.44 bits per heavy atom. The highest BCUT2D eigenvalue weighted by Crippen LogP contribution is 2.35. The van der Waals surface area contributed by atoms with E-state index in [1.54, 1.807) is 47.4 Å². The second-order valence-electron chi connectivity index (χ2n) is 8.62. The van der Waals surface area contributed by atoms with Gasteiger partial charge in [0.05, 0.1) is 17.3 Å². The molecule has 2 fully saturated rings. The minimum Gasteiger partial charge on any atom is -0.475 e. The number of halogens is 1. The summed E-state index contributed by atoms with van der Waals surface area (Å²) in [5.74, 6) is -1.64. The average Bonchev–Trinajstić information content (AvgIpc) is 3.26. The summed E-state index contributed by atoms with van der Waals surface area (Å²) in [6.07, 6.45) is 0. The molecule has 3 N–H and O–H groups in total. The molecule has 2 aliphatic rings. The molecule has 34 heavy (non-hydrogen) atoms. The molecule has 5 rings (SSSR count). The number of aromatic carboxylic acids is 1. The third-order valence-corrected chi connectivity index (χ3v) is 6.87. The molecular formula is C24H24ClN5O4. The average molecular weight is 482 g/mol. The van der Waals surface area contributed by atoms with Crippen LogP contribution in [0.15, 0.2) is 48.5 Å². The molecule has 0 radical (unpaired) electrons. The number of nitrogens with one attached hydrogen (secondary N) is 1. The Labute approximate surface area is 201 Å². The van der Waals surface area contributed by atoms with Crippen LogP contribution in [-0.2, 0) is 5.60 Å². The highest BCUT2D eigenvalue weighted by Gasteiger charge is 2.48. The standard InChI is InChI=1S/C24H24ClN5O4/c25-16-7-5-15(6-8-16)22(31)30-11-9-29(10-12-30)19-13-26-14-24(19,34)20-17-3-1-2-4-18(17)27-21(28-20)23(32)33/h1-8,19,26,34H,9-14H2,(H,32,33). The number of hydrogen-bond acceptors (Lipinski definition) is 7. The minimum atomic E-state index is -1.41. The molecule has 3 aromatic rings. The van der Waals surface area contributed by atoms with Gasteiger partial charge in [-0.2, -0.15) is 0 Å². The maximum atomic E-state index is 12.9. The summed E-state index contributed by atoms with van der Waals surface area (Å²) >= 11 is 5.93. The zero-order valence-corrected chi connectivity index (χ0v) is 19.1. The second kappa shape index (κ2) is 8.92. The molecule has 0 aliphatic carbocycles. The molecule has 9 nitrogen and oxygen atoms in total. The van der Waals surface area contributed by atoms with Crippen LogP contribution in [0.2, 0.25) is 5.02 Å². The molecule has 10 heteroatoms. The van der Waals surface area contributed by atoms with Gasteiger partial charge in [-0.15, -0.1) is 0 Å². The van der Waals surface area contributed by atoms with Gasteiger partial charge in [-0.05, 0) is 30.3 Å². The van der Waals surface area contributed by atoms with Crippen LogP contribution < -0.4 is 5.32 Å². The largest absolute Gasteiger partial charge is 0.475 e. The van der Waals surface area contributed by atoms with Gasteiger partial charge in [0, 0.05) is 55.2 Å². The number of β-amino-alcohol motifs (C(OH)–C–C–N with tert-alkyl or cyclic N) is 1. The summed E-state index contributed by atoms with van der Waals surface area (Å²) in [4.78, 5) is 36.9. The van der Waals surface area contributed by atoms with E-state index in [0.717, 1.165) is 0 Å². The van der Waals surface area contributed by atoms with E-state index in [4.69, 9.17) is 11.6 Å². The predicted octanol–water partition coefficient (Wildman–Crippen LogP) is 1.60. The molecule has 2 aliphatic heterocycles. The molecule has 0 saturated carbocycles. The van der Waals surface area contributed by atoms with Crippen molar-refractivity contribution in [3.05, 3.63) is 70.6 Å². The predicted molar refractivity (Wildman–Crippen MR) is 126 cm³/mol. The Morgan fingerprint density at radius 2 is 1.74 bits per heavy atom. The minimum absolute atomic E-state index is 0.0518. The van der Waals surface area contributed by atoms with Gasteiger partial charge >= 0.3 is 5.97 Å². The number of aromatic nitrogens is 2. The number of fused-ring (bicyclic) bond motifs is 1. The molecule has 176 valence electrons. The number of benzene rings is 2. The molecule has 1 aromatic heterocycles. The van der Waals surface area contributed by atoms with Gasteiger partial charge in [0.25, 0.3) is 5.91 Å². The van der Waals surface area contributed by atoms with Crippen molar-refractivity contribution in [1.29, 1.82) is 0 Å². The summed E-state index contributed by atoms with van der Waals surface area (Å²) in [7, 11) is 0. The Morgan fingerprint density at radius 1 is 1.03 bits per heavy atom. The van der Waals surface area contributed by atoms with E-state index < -0.39 is 11.6 Å². The summed E-state index contributed by atoms with van der Waals surface area (Å²) < 4.78 is 0. The lowest BCUT2D eigenvalue weighted by Crippen LogP contribution is -2.58. The quantitative estimate of drug-likeness (QED) is 0.514. The molecule has 3 heterocycles. The molecular weight excluding hydrogens is 458 g/mol. The van der Waals surface area contributed by atoms with Crippen molar-refractivity contribution in [2.24, 2.45) is 0 Å². The van der Waals surface area contributed by atoms with E-state index in [9.17, 15) is 19.8 Å². The molecule has 0 spiro atoms. The molecule has 2 unspecified atom stereocenters. The number of nitrogens with zero attached hydrogens (tertiary/aromatic N) is 4. The van der Waals surface area contributed by atoms with Crippen LogP contribution in [0.1, 0.15) is 26.7 Å². The number of hydrogen-bond donors (Lipinski definition) is 3. The maximum Gasteiger partial charge on any atom is 0.373 e. The number of aliphatic hydroxyl groups is 1. The zero-order valence-electron chi connectivity index (χ0n) is 18.3. The highest BCUT2D eigenvalue weighted by molar-refractivity contribution is 6.30. The van der Waals surface area contributed by atoms with E-state index in [1.807, 2.05) is 6.07 Å². The molecule has 2 atom stereocenters. The highest BCUT2D eigenvalue weighted by atomic mass is 35.5. The van der Waals surface area contributed by atoms with E-state index >= 15 is 0 Å². The van der Waals surface area contributed by atoms with Crippen molar-refractivity contribution in [2.75, 3.05) is 39.3 Å². The van der Waals surface area contributed by atoms with Crippen LogP contribution in [0.25, 0.3) is 10.9 Å². The van der Waals surface area contributed by atoms with Crippen molar-refractivity contribution in [1.82, 2.24) is 25.1 Å². The van der Waals surface area contributed by atoms with Gasteiger partial charge in [0.1, 0.15) is 5.60 Å². The smallest absolute Gasteiger partial charge is 0.373 e. The number of piperazine rings is 1. The monoisotopic (exact) mass is 481 g/mol. The number of carboxylic acids is 1. The number of para-hydroxylation sites is 1. The normalized spacial score (nSPS) is 23.4. The van der Waals surface area contributed by atoms with Gasteiger partial charge in [0.15, 0.2) is 0 Å². The van der Waals surface area contributed by atoms with Crippen molar-refractivity contribution in [3.63, 3.8) is 0 Å². The molecule has 0 bridgehead atoms. The van der Waals surface area contributed by atoms with E-state index in [2.05, 4.69) is 20.2 Å². The molecule has 1 amide bonds. The Balaban J connectivity index is 1.39. The Kier molecular flexibility index (Phi) is 5.95. The van der Waals surface area contributed by atoms with E-state index in [-0.39, 0.29) is 24.3 Å². The van der Waals surface area contributed by atoms with Crippen LogP contribution in [0.3, 0.4) is 0 Å². The first-order chi connectivity index (χ1) is 16.4. The van der Waals surface area contributed by atoms with Crippen molar-refractivity contribution in [2.45, 2.75) is 11.6 Å². The van der Waals surface area contributed by atoms with Crippen LogP contribution >= 0.6 is 11.6 Å². The van der Waals surface area contributed by atoms with Gasteiger partial charge < -0.3 is 20.4 Å². The number of carboxylic acid groups (broad SMARTS) is 1. The third-order valence-electron chi connectivity index (χ3n) is 6.62. The summed E-state index contributed by atoms with van der Waals surface area (Å²) in [5.41, 5.74) is -0.0344. The molecule has 2 saturated heterocycles. The summed E-state index contributed by atoms with van der Waals surface area (Å²) in [6, 6.07) is 13.6. The number of amides is 1. The number of carbonyl (C=O) groups excluding carboxylic acids is 1. The topological polar surface area (TPSA) is 119 Å². The summed E-state index contributed by atoms with van der Waals surface area (Å²) in [5, 5.41) is 25.9. The van der Waals surface area contributed by atoms with Gasteiger partial charge in [-0.3, -0.25) is 9.69 Å². The lowest BCUT2D eigenvalue weighted by Gasteiger charge is -2.42. The SMILES string of the molecule is O=C(O)c1nc(C2(O)CNCC2N2CCN(C(=O)c3ccc(Cl)cc3)CC2)c2ccccc2n1. The Hall–Kier alpha value is -3.11. The lowest BCUT2D eigenvalue weighted by atomic mass is 9.89. The van der Waals surface area contributed by atoms with Crippen LogP contribution in [0.5, 0.6) is 0 Å². The van der Waals surface area contributed by atoms with Gasteiger partial charge in [-0.1, -0.05) is 29.8 Å². The van der Waals surface area contributed by atoms with E-state index in [1.165, 1.54) is 0 Å². The summed E-state index contributed by atoms with van der Waals surface area (Å²) in [6.45, 7) is 2.92. The zero-order chi connectivity index (χ0) is 23.9. The van der Waals surface area contributed by atoms with Crippen LogP contribution in [-0.4, -0.2) is 87.2 Å². The lowest BCUT2D eigenvalue weighted by molar-refractivity contribution is -0.0339. The van der Waals surface area contributed by atoms with E-state index in [0.29, 0.717) is 59.9 Å². The first kappa shape index (κ1) is 22.7. The van der Waals surface area contributed by atoms with Crippen molar-refractivity contribution >= 4 is 34.4 Å². The fraction of sp³-hybridized carbons (Fsp3) is 0.333. The number of rotatable bonds is 4.